The van der Waals surface area contributed by atoms with Crippen molar-refractivity contribution >= 4 is 35.2 Å². The Morgan fingerprint density at radius 2 is 1.76 bits per heavy atom. The van der Waals surface area contributed by atoms with Crippen molar-refractivity contribution < 1.29 is 14.0 Å². The maximum atomic E-state index is 13.3. The normalized spacial score (nSPS) is 21.1. The van der Waals surface area contributed by atoms with Crippen molar-refractivity contribution in [2.45, 2.75) is 32.5 Å². The molecule has 2 aromatic carbocycles. The molecule has 0 aliphatic carbocycles. The molecule has 0 spiro atoms. The molecular formula is C26H30ClFN4O2. The Hall–Kier alpha value is -2.74. The zero-order valence-electron chi connectivity index (χ0n) is 19.7. The Labute approximate surface area is 205 Å². The van der Waals surface area contributed by atoms with Crippen molar-refractivity contribution in [3.8, 4) is 0 Å². The van der Waals surface area contributed by atoms with Crippen LogP contribution in [0.15, 0.2) is 42.5 Å². The van der Waals surface area contributed by atoms with E-state index in [1.54, 1.807) is 18.2 Å². The van der Waals surface area contributed by atoms with Crippen molar-refractivity contribution in [3.63, 3.8) is 0 Å². The van der Waals surface area contributed by atoms with Crippen LogP contribution in [0.3, 0.4) is 0 Å². The van der Waals surface area contributed by atoms with Crippen LogP contribution in [-0.4, -0.2) is 71.8 Å². The molecule has 0 aromatic heterocycles. The quantitative estimate of drug-likeness (QED) is 0.656. The van der Waals surface area contributed by atoms with Crippen LogP contribution in [0.1, 0.15) is 23.6 Å². The van der Waals surface area contributed by atoms with Crippen molar-refractivity contribution in [3.05, 3.63) is 70.0 Å². The fraction of sp³-hybridized carbons (Fsp3) is 0.385. The molecule has 0 radical (unpaired) electrons. The van der Waals surface area contributed by atoms with Crippen LogP contribution < -0.4 is 5.32 Å². The van der Waals surface area contributed by atoms with Gasteiger partial charge in [0, 0.05) is 68.5 Å². The van der Waals surface area contributed by atoms with Crippen LogP contribution in [0.2, 0.25) is 5.02 Å². The summed E-state index contributed by atoms with van der Waals surface area (Å²) >= 11 is 6.22. The molecule has 2 aromatic rings. The Kier molecular flexibility index (Phi) is 7.36. The number of nitrogens with zero attached hydrogens (tertiary/aromatic N) is 3. The van der Waals surface area contributed by atoms with Gasteiger partial charge >= 0.3 is 0 Å². The number of nitrogens with one attached hydrogen (secondary N) is 1. The summed E-state index contributed by atoms with van der Waals surface area (Å²) in [5.74, 6) is -0.485. The van der Waals surface area contributed by atoms with E-state index in [2.05, 4.69) is 22.2 Å². The maximum absolute atomic E-state index is 13.3. The van der Waals surface area contributed by atoms with Crippen LogP contribution in [0.5, 0.6) is 0 Å². The van der Waals surface area contributed by atoms with E-state index in [4.69, 9.17) is 11.6 Å². The fourth-order valence-corrected chi connectivity index (χ4v) is 5.02. The third-order valence-electron chi connectivity index (χ3n) is 6.48. The molecule has 0 saturated carbocycles. The van der Waals surface area contributed by atoms with Gasteiger partial charge in [0.2, 0.25) is 11.8 Å². The number of fused-ring (bicyclic) bond motifs is 2. The van der Waals surface area contributed by atoms with E-state index in [0.717, 1.165) is 36.3 Å². The zero-order valence-corrected chi connectivity index (χ0v) is 20.5. The Bertz CT molecular complexity index is 1090. The van der Waals surface area contributed by atoms with Crippen molar-refractivity contribution in [2.24, 2.45) is 0 Å². The molecule has 34 heavy (non-hydrogen) atoms. The van der Waals surface area contributed by atoms with Crippen LogP contribution in [0.4, 0.5) is 10.1 Å². The van der Waals surface area contributed by atoms with E-state index >= 15 is 0 Å². The Morgan fingerprint density at radius 1 is 1.12 bits per heavy atom. The van der Waals surface area contributed by atoms with Gasteiger partial charge in [0.05, 0.1) is 0 Å². The van der Waals surface area contributed by atoms with E-state index in [1.807, 2.05) is 30.0 Å². The number of carbonyl (C=O) groups is 2. The van der Waals surface area contributed by atoms with Crippen molar-refractivity contribution in [1.29, 1.82) is 0 Å². The second-order valence-electron chi connectivity index (χ2n) is 9.27. The first kappa shape index (κ1) is 24.4. The molecule has 2 atom stereocenters. The third-order valence-corrected chi connectivity index (χ3v) is 6.89. The number of rotatable bonds is 5. The predicted octanol–water partition coefficient (Wildman–Crippen LogP) is 3.79. The first-order chi connectivity index (χ1) is 16.2. The summed E-state index contributed by atoms with van der Waals surface area (Å²) in [5, 5.41) is 3.34. The van der Waals surface area contributed by atoms with Crippen molar-refractivity contribution in [2.75, 3.05) is 38.5 Å². The van der Waals surface area contributed by atoms with Gasteiger partial charge in [-0.3, -0.25) is 14.5 Å². The number of piperazine rings is 2. The average molecular weight is 485 g/mol. The number of likely N-dealkylation sites (N-methyl/N-ethyl adjacent to an activating group) is 1. The van der Waals surface area contributed by atoms with Crippen LogP contribution >= 0.6 is 11.6 Å². The second-order valence-corrected chi connectivity index (χ2v) is 9.68. The minimum absolute atomic E-state index is 0.0534. The predicted molar refractivity (Wildman–Crippen MR) is 133 cm³/mol. The molecular weight excluding hydrogens is 455 g/mol. The smallest absolute Gasteiger partial charge is 0.246 e. The summed E-state index contributed by atoms with van der Waals surface area (Å²) in [6, 6.07) is 10.6. The zero-order chi connectivity index (χ0) is 24.4. The first-order valence-corrected chi connectivity index (χ1v) is 11.8. The van der Waals surface area contributed by atoms with Gasteiger partial charge in [-0.05, 0) is 61.0 Å². The highest BCUT2D eigenvalue weighted by Gasteiger charge is 2.40. The highest BCUT2D eigenvalue weighted by molar-refractivity contribution is 6.31. The monoisotopic (exact) mass is 484 g/mol. The number of hydrogen-bond donors (Lipinski definition) is 1. The van der Waals surface area contributed by atoms with E-state index in [1.165, 1.54) is 19.1 Å². The minimum atomic E-state index is -0.233. The van der Waals surface area contributed by atoms with Crippen LogP contribution in [0, 0.1) is 12.7 Å². The van der Waals surface area contributed by atoms with Gasteiger partial charge in [-0.25, -0.2) is 4.39 Å². The SMILES string of the molecule is CC(=O)Nc1cc(Cl)c(C)cc1C=CC(=O)N1CC2CN(C)CC(C1)N2Cc1ccc(F)cc1. The average Bonchev–Trinajstić information content (AvgIpc) is 2.76. The summed E-state index contributed by atoms with van der Waals surface area (Å²) in [7, 11) is 2.11. The molecule has 2 amide bonds. The van der Waals surface area contributed by atoms with Crippen LogP contribution in [0.25, 0.3) is 6.08 Å². The van der Waals surface area contributed by atoms with Gasteiger partial charge in [0.25, 0.3) is 0 Å². The topological polar surface area (TPSA) is 55.9 Å². The van der Waals surface area contributed by atoms with E-state index < -0.39 is 0 Å². The summed E-state index contributed by atoms with van der Waals surface area (Å²) in [5.41, 5.74) is 3.26. The fourth-order valence-electron chi connectivity index (χ4n) is 4.86. The second kappa shape index (κ2) is 10.3. The first-order valence-electron chi connectivity index (χ1n) is 11.4. The van der Waals surface area contributed by atoms with Gasteiger partial charge < -0.3 is 15.1 Å². The molecule has 2 fully saturated rings. The lowest BCUT2D eigenvalue weighted by atomic mass is 9.99. The summed E-state index contributed by atoms with van der Waals surface area (Å²) < 4.78 is 13.3. The number of hydrogen-bond acceptors (Lipinski definition) is 4. The van der Waals surface area contributed by atoms with Crippen molar-refractivity contribution in [1.82, 2.24) is 14.7 Å². The van der Waals surface area contributed by atoms with E-state index in [9.17, 15) is 14.0 Å². The lowest BCUT2D eigenvalue weighted by Gasteiger charge is -2.52. The van der Waals surface area contributed by atoms with Gasteiger partial charge in [-0.2, -0.15) is 0 Å². The summed E-state index contributed by atoms with van der Waals surface area (Å²) in [6.07, 6.45) is 3.31. The lowest BCUT2D eigenvalue weighted by Crippen LogP contribution is -2.68. The largest absolute Gasteiger partial charge is 0.336 e. The molecule has 4 rings (SSSR count). The summed E-state index contributed by atoms with van der Waals surface area (Å²) in [4.78, 5) is 31.4. The Balaban J connectivity index is 1.48. The number of halogens is 2. The number of anilines is 1. The number of amides is 2. The van der Waals surface area contributed by atoms with Gasteiger partial charge in [-0.1, -0.05) is 23.7 Å². The van der Waals surface area contributed by atoms with E-state index in [0.29, 0.717) is 23.8 Å². The van der Waals surface area contributed by atoms with E-state index in [-0.39, 0.29) is 29.7 Å². The molecule has 2 bridgehead atoms. The maximum Gasteiger partial charge on any atom is 0.246 e. The summed E-state index contributed by atoms with van der Waals surface area (Å²) in [6.45, 7) is 7.06. The third kappa shape index (κ3) is 5.66. The number of aryl methyl sites for hydroxylation is 1. The number of benzene rings is 2. The Morgan fingerprint density at radius 3 is 2.38 bits per heavy atom. The highest BCUT2D eigenvalue weighted by atomic mass is 35.5. The van der Waals surface area contributed by atoms with Gasteiger partial charge in [0.15, 0.2) is 0 Å². The molecule has 2 aliphatic heterocycles. The van der Waals surface area contributed by atoms with Crippen LogP contribution in [-0.2, 0) is 16.1 Å². The molecule has 180 valence electrons. The molecule has 2 saturated heterocycles. The molecule has 2 unspecified atom stereocenters. The minimum Gasteiger partial charge on any atom is -0.336 e. The molecule has 2 aliphatic rings. The number of carbonyl (C=O) groups excluding carboxylic acids is 2. The molecule has 2 heterocycles. The van der Waals surface area contributed by atoms with Gasteiger partial charge in [-0.15, -0.1) is 0 Å². The molecule has 8 heteroatoms. The van der Waals surface area contributed by atoms with Gasteiger partial charge in [0.1, 0.15) is 5.82 Å². The standard InChI is InChI=1S/C26H30ClFN4O2/c1-17-10-20(25(11-24(17)27)29-18(2)33)6-9-26(34)31-15-22-13-30(3)14-23(16-31)32(22)12-19-4-7-21(28)8-5-19/h4-11,22-23H,12-16H2,1-3H3,(H,29,33). The molecule has 1 N–H and O–H groups in total. The molecule has 6 nitrogen and oxygen atoms in total. The lowest BCUT2D eigenvalue weighted by molar-refractivity contribution is -0.134. The highest BCUT2D eigenvalue weighted by Crippen LogP contribution is 2.27.